The molecule has 4 heteroatoms. The van der Waals surface area contributed by atoms with Gasteiger partial charge in [-0.2, -0.15) is 0 Å². The normalized spacial score (nSPS) is 23.4. The molecule has 18 heavy (non-hydrogen) atoms. The first kappa shape index (κ1) is 11.7. The van der Waals surface area contributed by atoms with Crippen LogP contribution in [0.25, 0.3) is 0 Å². The fourth-order valence-corrected chi connectivity index (χ4v) is 2.80. The molecule has 2 heterocycles. The first-order chi connectivity index (χ1) is 8.79. The Morgan fingerprint density at radius 3 is 2.94 bits per heavy atom. The molecular weight excluding hydrogens is 228 g/mol. The Balaban J connectivity index is 1.76. The summed E-state index contributed by atoms with van der Waals surface area (Å²) in [7, 11) is 0. The monoisotopic (exact) mass is 246 g/mol. The van der Waals surface area contributed by atoms with E-state index in [0.717, 1.165) is 18.7 Å². The van der Waals surface area contributed by atoms with Crippen molar-refractivity contribution >= 4 is 5.91 Å². The number of aliphatic hydroxyl groups excluding tert-OH is 1. The third kappa shape index (κ3) is 1.91. The van der Waals surface area contributed by atoms with Crippen molar-refractivity contribution in [3.05, 3.63) is 35.4 Å². The zero-order valence-electron chi connectivity index (χ0n) is 10.3. The van der Waals surface area contributed by atoms with Crippen LogP contribution < -0.4 is 5.32 Å². The number of nitrogens with zero attached hydrogens (tertiary/aromatic N) is 1. The quantitative estimate of drug-likeness (QED) is 0.790. The molecule has 0 spiro atoms. The molecule has 1 atom stereocenters. The molecule has 0 radical (unpaired) electrons. The summed E-state index contributed by atoms with van der Waals surface area (Å²) in [5.74, 6) is 0.412. The van der Waals surface area contributed by atoms with Gasteiger partial charge in [0.05, 0.1) is 5.92 Å². The summed E-state index contributed by atoms with van der Waals surface area (Å²) in [6.07, 6.45) is 0. The second-order valence-electron chi connectivity index (χ2n) is 5.17. The van der Waals surface area contributed by atoms with Crippen LogP contribution in [0.4, 0.5) is 0 Å². The van der Waals surface area contributed by atoms with Gasteiger partial charge >= 0.3 is 0 Å². The van der Waals surface area contributed by atoms with Crippen LogP contribution in [-0.2, 0) is 11.3 Å². The van der Waals surface area contributed by atoms with Crippen LogP contribution in [0.15, 0.2) is 24.3 Å². The molecule has 1 unspecified atom stereocenters. The van der Waals surface area contributed by atoms with Crippen molar-refractivity contribution in [2.45, 2.75) is 12.5 Å². The zero-order chi connectivity index (χ0) is 12.5. The van der Waals surface area contributed by atoms with E-state index in [2.05, 4.69) is 17.4 Å². The van der Waals surface area contributed by atoms with Gasteiger partial charge in [-0.1, -0.05) is 24.3 Å². The van der Waals surface area contributed by atoms with E-state index in [1.54, 1.807) is 0 Å². The molecule has 2 aliphatic rings. The van der Waals surface area contributed by atoms with Crippen LogP contribution in [-0.4, -0.2) is 42.2 Å². The van der Waals surface area contributed by atoms with Gasteiger partial charge in [0.15, 0.2) is 0 Å². The highest BCUT2D eigenvalue weighted by atomic mass is 16.3. The van der Waals surface area contributed by atoms with Gasteiger partial charge in [0, 0.05) is 38.7 Å². The number of benzene rings is 1. The summed E-state index contributed by atoms with van der Waals surface area (Å²) in [6, 6.07) is 8.15. The van der Waals surface area contributed by atoms with Gasteiger partial charge in [-0.05, 0) is 11.1 Å². The molecular formula is C14H18N2O2. The van der Waals surface area contributed by atoms with Gasteiger partial charge in [-0.15, -0.1) is 0 Å². The van der Waals surface area contributed by atoms with Gasteiger partial charge in [-0.25, -0.2) is 0 Å². The lowest BCUT2D eigenvalue weighted by Crippen LogP contribution is -2.54. The Labute approximate surface area is 107 Å². The molecule has 0 aliphatic carbocycles. The van der Waals surface area contributed by atoms with E-state index in [0.29, 0.717) is 13.1 Å². The smallest absolute Gasteiger partial charge is 0.231 e. The molecule has 4 nitrogen and oxygen atoms in total. The molecule has 1 aromatic rings. The van der Waals surface area contributed by atoms with Crippen LogP contribution >= 0.6 is 0 Å². The molecule has 1 aromatic carbocycles. The minimum Gasteiger partial charge on any atom is -0.396 e. The zero-order valence-corrected chi connectivity index (χ0v) is 10.3. The van der Waals surface area contributed by atoms with Gasteiger partial charge in [0.2, 0.25) is 5.91 Å². The molecule has 0 aromatic heterocycles. The first-order valence-corrected chi connectivity index (χ1v) is 6.47. The number of hydrogen-bond donors (Lipinski definition) is 2. The maximum absolute atomic E-state index is 12.4. The summed E-state index contributed by atoms with van der Waals surface area (Å²) >= 11 is 0. The Hall–Kier alpha value is -1.39. The number of aliphatic hydroxyl groups is 1. The topological polar surface area (TPSA) is 52.6 Å². The summed E-state index contributed by atoms with van der Waals surface area (Å²) in [5, 5.41) is 12.3. The number of carbonyl (C=O) groups excluding carboxylic acids is 1. The second-order valence-corrected chi connectivity index (χ2v) is 5.17. The maximum Gasteiger partial charge on any atom is 0.231 e. The van der Waals surface area contributed by atoms with E-state index < -0.39 is 0 Å². The molecule has 96 valence electrons. The van der Waals surface area contributed by atoms with Gasteiger partial charge in [-0.3, -0.25) is 4.79 Å². The third-order valence-electron chi connectivity index (χ3n) is 3.92. The minimum absolute atomic E-state index is 0.0606. The van der Waals surface area contributed by atoms with Crippen LogP contribution in [0, 0.1) is 5.92 Å². The van der Waals surface area contributed by atoms with E-state index in [1.807, 2.05) is 17.0 Å². The van der Waals surface area contributed by atoms with E-state index in [1.165, 1.54) is 5.56 Å². The lowest BCUT2D eigenvalue weighted by molar-refractivity contribution is -0.140. The van der Waals surface area contributed by atoms with E-state index in [4.69, 9.17) is 5.11 Å². The fourth-order valence-electron chi connectivity index (χ4n) is 2.80. The number of nitrogens with one attached hydrogen (secondary N) is 1. The summed E-state index contributed by atoms with van der Waals surface area (Å²) in [6.45, 7) is 3.15. The average Bonchev–Trinajstić information content (AvgIpc) is 2.36. The average molecular weight is 246 g/mol. The number of fused-ring (bicyclic) bond motifs is 1. The number of rotatable bonds is 2. The Bertz CT molecular complexity index is 455. The van der Waals surface area contributed by atoms with E-state index in [-0.39, 0.29) is 24.3 Å². The highest BCUT2D eigenvalue weighted by molar-refractivity contribution is 5.85. The van der Waals surface area contributed by atoms with Crippen molar-refractivity contribution in [3.63, 3.8) is 0 Å². The number of hydrogen-bond acceptors (Lipinski definition) is 3. The van der Waals surface area contributed by atoms with Gasteiger partial charge < -0.3 is 15.3 Å². The summed E-state index contributed by atoms with van der Waals surface area (Å²) < 4.78 is 0. The van der Waals surface area contributed by atoms with Gasteiger partial charge in [0.1, 0.15) is 0 Å². The van der Waals surface area contributed by atoms with Crippen molar-refractivity contribution in [1.82, 2.24) is 10.2 Å². The van der Waals surface area contributed by atoms with Crippen molar-refractivity contribution in [1.29, 1.82) is 0 Å². The minimum atomic E-state index is -0.0606. The molecule has 0 bridgehead atoms. The molecule has 1 amide bonds. The van der Waals surface area contributed by atoms with Crippen molar-refractivity contribution < 1.29 is 9.90 Å². The first-order valence-electron chi connectivity index (χ1n) is 6.47. The molecule has 1 fully saturated rings. The maximum atomic E-state index is 12.4. The lowest BCUT2D eigenvalue weighted by atomic mass is 9.88. The van der Waals surface area contributed by atoms with Crippen molar-refractivity contribution in [3.8, 4) is 0 Å². The number of amides is 1. The predicted molar refractivity (Wildman–Crippen MR) is 68.0 cm³/mol. The predicted octanol–water partition coefficient (Wildman–Crippen LogP) is 0.324. The highest BCUT2D eigenvalue weighted by Gasteiger charge is 2.36. The molecule has 2 aliphatic heterocycles. The van der Waals surface area contributed by atoms with E-state index in [9.17, 15) is 4.79 Å². The summed E-state index contributed by atoms with van der Waals surface area (Å²) in [4.78, 5) is 14.3. The van der Waals surface area contributed by atoms with Crippen LogP contribution in [0.1, 0.15) is 17.0 Å². The summed E-state index contributed by atoms with van der Waals surface area (Å²) in [5.41, 5.74) is 2.38. The molecule has 3 rings (SSSR count). The number of carbonyl (C=O) groups is 1. The lowest BCUT2D eigenvalue weighted by Gasteiger charge is -2.41. The van der Waals surface area contributed by atoms with Gasteiger partial charge in [0.25, 0.3) is 0 Å². The second kappa shape index (κ2) is 4.71. The Morgan fingerprint density at radius 1 is 1.39 bits per heavy atom. The van der Waals surface area contributed by atoms with Crippen LogP contribution in [0.2, 0.25) is 0 Å². The van der Waals surface area contributed by atoms with Crippen molar-refractivity contribution in [2.24, 2.45) is 5.92 Å². The molecule has 1 saturated heterocycles. The Morgan fingerprint density at radius 2 is 2.17 bits per heavy atom. The largest absolute Gasteiger partial charge is 0.396 e. The van der Waals surface area contributed by atoms with E-state index >= 15 is 0 Å². The van der Waals surface area contributed by atoms with Crippen LogP contribution in [0.5, 0.6) is 0 Å². The third-order valence-corrected chi connectivity index (χ3v) is 3.92. The standard InChI is InChI=1S/C14H18N2O2/c17-9-10-7-16(8-10)14(18)13-6-15-5-11-3-1-2-4-12(11)13/h1-4,10,13,15,17H,5-9H2. The van der Waals surface area contributed by atoms with Crippen LogP contribution in [0.3, 0.4) is 0 Å². The highest BCUT2D eigenvalue weighted by Crippen LogP contribution is 2.28. The van der Waals surface area contributed by atoms with Crippen molar-refractivity contribution in [2.75, 3.05) is 26.2 Å². The fraction of sp³-hybridized carbons (Fsp3) is 0.500. The molecule has 2 N–H and O–H groups in total. The Kier molecular flexibility index (Phi) is 3.06. The molecule has 0 saturated carbocycles. The SMILES string of the molecule is O=C(C1CNCc2ccccc21)N1CC(CO)C1. The number of likely N-dealkylation sites (tertiary alicyclic amines) is 1.